The fraction of sp³-hybridized carbons (Fsp3) is 0.333. The summed E-state index contributed by atoms with van der Waals surface area (Å²) in [6, 6.07) is 13.2. The van der Waals surface area contributed by atoms with Gasteiger partial charge in [0.25, 0.3) is 5.91 Å². The molecule has 0 radical (unpaired) electrons. The number of benzene rings is 2. The van der Waals surface area contributed by atoms with E-state index in [1.54, 1.807) is 30.3 Å². The zero-order chi connectivity index (χ0) is 21.4. The summed E-state index contributed by atoms with van der Waals surface area (Å²) in [4.78, 5) is 27.4. The molecule has 2 aliphatic heterocycles. The molecule has 2 aliphatic rings. The molecule has 0 aliphatic carbocycles. The van der Waals surface area contributed by atoms with Gasteiger partial charge in [-0.1, -0.05) is 24.3 Å². The largest absolute Gasteiger partial charge is 0.437 e. The predicted octanol–water partition coefficient (Wildman–Crippen LogP) is 2.69. The Morgan fingerprint density at radius 2 is 1.80 bits per heavy atom. The maximum Gasteiger partial charge on any atom is 0.437 e. The third-order valence-corrected chi connectivity index (χ3v) is 5.06. The summed E-state index contributed by atoms with van der Waals surface area (Å²) in [5.74, 6) is -2.59. The molecule has 0 N–H and O–H groups in total. The van der Waals surface area contributed by atoms with Gasteiger partial charge in [0.15, 0.2) is 0 Å². The molecule has 2 aromatic carbocycles. The van der Waals surface area contributed by atoms with E-state index < -0.39 is 29.3 Å². The van der Waals surface area contributed by atoms with Crippen LogP contribution in [0.3, 0.4) is 0 Å². The molecule has 2 fully saturated rings. The maximum absolute atomic E-state index is 14.6. The Hall–Kier alpha value is -2.91. The first-order valence-electron chi connectivity index (χ1n) is 9.37. The minimum absolute atomic E-state index is 0.0885. The minimum atomic E-state index is -4.09. The molecule has 30 heavy (non-hydrogen) atoms. The average Bonchev–Trinajstić information content (AvgIpc) is 2.93. The van der Waals surface area contributed by atoms with Crippen LogP contribution in [-0.4, -0.2) is 61.3 Å². The second kappa shape index (κ2) is 7.73. The van der Waals surface area contributed by atoms with Crippen molar-refractivity contribution in [2.75, 3.05) is 37.7 Å². The number of halogens is 3. The lowest BCUT2D eigenvalue weighted by atomic mass is 10.00. The summed E-state index contributed by atoms with van der Waals surface area (Å²) >= 11 is 0. The van der Waals surface area contributed by atoms with Gasteiger partial charge >= 0.3 is 12.0 Å². The van der Waals surface area contributed by atoms with E-state index in [-0.39, 0.29) is 44.1 Å². The van der Waals surface area contributed by atoms with Gasteiger partial charge in [0, 0.05) is 17.8 Å². The number of ether oxygens (including phenoxy) is 2. The van der Waals surface area contributed by atoms with Crippen molar-refractivity contribution in [2.24, 2.45) is 0 Å². The molecule has 1 atom stereocenters. The molecular weight excluding hydrogens is 401 g/mol. The summed E-state index contributed by atoms with van der Waals surface area (Å²) in [6.07, 6.45) is -4.09. The Labute approximate surface area is 170 Å². The zero-order valence-corrected chi connectivity index (χ0v) is 15.9. The Morgan fingerprint density at radius 3 is 2.53 bits per heavy atom. The van der Waals surface area contributed by atoms with Gasteiger partial charge in [0.1, 0.15) is 11.4 Å². The highest BCUT2D eigenvalue weighted by Gasteiger charge is 2.58. The molecule has 2 heterocycles. The van der Waals surface area contributed by atoms with Crippen molar-refractivity contribution >= 4 is 17.5 Å². The van der Waals surface area contributed by atoms with Crippen LogP contribution in [0.25, 0.3) is 0 Å². The summed E-state index contributed by atoms with van der Waals surface area (Å²) < 4.78 is 53.1. The van der Waals surface area contributed by atoms with Crippen LogP contribution < -0.4 is 4.90 Å². The number of amides is 2. The van der Waals surface area contributed by atoms with E-state index in [1.807, 2.05) is 0 Å². The summed E-state index contributed by atoms with van der Waals surface area (Å²) in [5.41, 5.74) is -1.27. The number of alkyl halides is 2. The highest BCUT2D eigenvalue weighted by atomic mass is 19.3. The number of rotatable bonds is 2. The van der Waals surface area contributed by atoms with Gasteiger partial charge in [0.2, 0.25) is 0 Å². The zero-order valence-electron chi connectivity index (χ0n) is 15.9. The van der Waals surface area contributed by atoms with E-state index in [2.05, 4.69) is 0 Å². The Morgan fingerprint density at radius 1 is 1.03 bits per heavy atom. The molecule has 2 saturated heterocycles. The van der Waals surface area contributed by atoms with Gasteiger partial charge in [0.05, 0.1) is 26.3 Å². The first-order valence-corrected chi connectivity index (χ1v) is 9.37. The molecule has 0 bridgehead atoms. The van der Waals surface area contributed by atoms with Crippen LogP contribution in [0.2, 0.25) is 0 Å². The lowest BCUT2D eigenvalue weighted by Crippen LogP contribution is -2.66. The smallest absolute Gasteiger partial charge is 0.376 e. The molecule has 1 unspecified atom stereocenters. The molecule has 2 amide bonds. The van der Waals surface area contributed by atoms with Crippen molar-refractivity contribution in [3.05, 3.63) is 66.0 Å². The highest BCUT2D eigenvalue weighted by molar-refractivity contribution is 5.98. The van der Waals surface area contributed by atoms with Crippen LogP contribution in [0.15, 0.2) is 54.6 Å². The van der Waals surface area contributed by atoms with Crippen LogP contribution in [-0.2, 0) is 14.3 Å². The number of carbonyl (C=O) groups excluding carboxylic acids is 2. The van der Waals surface area contributed by atoms with E-state index >= 15 is 0 Å². The molecule has 158 valence electrons. The van der Waals surface area contributed by atoms with Crippen molar-refractivity contribution in [2.45, 2.75) is 11.7 Å². The number of nitrogens with zero attached hydrogens (tertiary/aromatic N) is 2. The van der Waals surface area contributed by atoms with Crippen molar-refractivity contribution < 1.29 is 32.2 Å². The predicted molar refractivity (Wildman–Crippen MR) is 101 cm³/mol. The van der Waals surface area contributed by atoms with Crippen LogP contribution in [0.4, 0.5) is 18.9 Å². The number of anilines is 1. The molecule has 4 rings (SSSR count). The summed E-state index contributed by atoms with van der Waals surface area (Å²) in [7, 11) is 0. The molecular formula is C21H19F3N2O4. The Bertz CT molecular complexity index is 956. The third-order valence-electron chi connectivity index (χ3n) is 5.06. The number of morpholine rings is 1. The average molecular weight is 420 g/mol. The topological polar surface area (TPSA) is 59.1 Å². The Kier molecular flexibility index (Phi) is 5.25. The van der Waals surface area contributed by atoms with E-state index in [0.29, 0.717) is 0 Å². The molecule has 9 heteroatoms. The van der Waals surface area contributed by atoms with Gasteiger partial charge in [-0.15, -0.1) is 0 Å². The third kappa shape index (κ3) is 3.90. The number of para-hydroxylation sites is 1. The summed E-state index contributed by atoms with van der Waals surface area (Å²) in [5, 5.41) is 0. The van der Waals surface area contributed by atoms with E-state index in [0.717, 1.165) is 11.0 Å². The normalized spacial score (nSPS) is 24.0. The lowest BCUT2D eigenvalue weighted by molar-refractivity contribution is -0.293. The summed E-state index contributed by atoms with van der Waals surface area (Å²) in [6.45, 7) is -0.485. The lowest BCUT2D eigenvalue weighted by Gasteiger charge is -2.45. The van der Waals surface area contributed by atoms with Crippen molar-refractivity contribution in [1.29, 1.82) is 0 Å². The standard InChI is InChI=1S/C21H19F3N2O4/c22-16-6-4-5-15(11-16)18(27)25-9-10-29-14-20(12-25)13-26(17-7-2-1-3-8-17)19(28)21(23,24)30-20/h1-8,11H,9-10,12-14H2. The van der Waals surface area contributed by atoms with Gasteiger partial charge in [-0.3, -0.25) is 14.3 Å². The highest BCUT2D eigenvalue weighted by Crippen LogP contribution is 2.37. The monoisotopic (exact) mass is 420 g/mol. The van der Waals surface area contributed by atoms with Crippen LogP contribution >= 0.6 is 0 Å². The second-order valence-corrected chi connectivity index (χ2v) is 7.32. The van der Waals surface area contributed by atoms with Crippen molar-refractivity contribution in [1.82, 2.24) is 4.90 Å². The quantitative estimate of drug-likeness (QED) is 0.750. The minimum Gasteiger partial charge on any atom is -0.376 e. The number of carbonyl (C=O) groups is 2. The molecule has 2 aromatic rings. The molecule has 1 spiro atoms. The molecule has 0 aromatic heterocycles. The van der Waals surface area contributed by atoms with Crippen LogP contribution in [0.1, 0.15) is 10.4 Å². The number of hydrogen-bond donors (Lipinski definition) is 0. The van der Waals surface area contributed by atoms with Crippen LogP contribution in [0, 0.1) is 5.82 Å². The van der Waals surface area contributed by atoms with Gasteiger partial charge in [-0.05, 0) is 30.3 Å². The van der Waals surface area contributed by atoms with Crippen molar-refractivity contribution in [3.8, 4) is 0 Å². The van der Waals surface area contributed by atoms with Gasteiger partial charge in [-0.2, -0.15) is 8.78 Å². The first-order chi connectivity index (χ1) is 14.3. The molecule has 0 saturated carbocycles. The first kappa shape index (κ1) is 20.4. The van der Waals surface area contributed by atoms with Crippen molar-refractivity contribution in [3.63, 3.8) is 0 Å². The fourth-order valence-corrected chi connectivity index (χ4v) is 3.72. The van der Waals surface area contributed by atoms with Gasteiger partial charge < -0.3 is 14.5 Å². The maximum atomic E-state index is 14.6. The van der Waals surface area contributed by atoms with Crippen LogP contribution in [0.5, 0.6) is 0 Å². The second-order valence-electron chi connectivity index (χ2n) is 7.32. The van der Waals surface area contributed by atoms with Gasteiger partial charge in [-0.25, -0.2) is 4.39 Å². The van der Waals surface area contributed by atoms with E-state index in [1.165, 1.54) is 23.1 Å². The SMILES string of the molecule is O=C(c1cccc(F)c1)N1CCOCC2(C1)CN(c1ccccc1)C(=O)C(F)(F)O2. The molecule has 6 nitrogen and oxygen atoms in total. The fourth-order valence-electron chi connectivity index (χ4n) is 3.72. The number of hydrogen-bond acceptors (Lipinski definition) is 4. The Balaban J connectivity index is 1.65. The van der Waals surface area contributed by atoms with E-state index in [9.17, 15) is 22.8 Å². The van der Waals surface area contributed by atoms with E-state index in [4.69, 9.17) is 9.47 Å².